The van der Waals surface area contributed by atoms with Gasteiger partial charge in [0.15, 0.2) is 0 Å². The van der Waals surface area contributed by atoms with E-state index in [2.05, 4.69) is 4.72 Å². The number of rotatable bonds is 8. The quantitative estimate of drug-likeness (QED) is 0.727. The normalized spacial score (nSPS) is 12.7. The van der Waals surface area contributed by atoms with E-state index in [0.29, 0.717) is 0 Å². The minimum absolute atomic E-state index is 0.0460. The largest absolute Gasteiger partial charge is 0.481 e. The second-order valence-electron chi connectivity index (χ2n) is 6.17. The Hall–Kier alpha value is -2.45. The molecule has 26 heavy (non-hydrogen) atoms. The number of nitrogens with zero attached hydrogens (tertiary/aromatic N) is 1. The van der Waals surface area contributed by atoms with Crippen LogP contribution in [0.3, 0.4) is 0 Å². The van der Waals surface area contributed by atoms with Crippen LogP contribution in [-0.4, -0.2) is 50.4 Å². The van der Waals surface area contributed by atoms with E-state index in [0.717, 1.165) is 10.8 Å². The van der Waals surface area contributed by atoms with Crippen molar-refractivity contribution in [1.82, 2.24) is 9.62 Å². The number of amides is 1. The number of fused-ring (bicyclic) bond motifs is 1. The van der Waals surface area contributed by atoms with Gasteiger partial charge in [-0.05, 0) is 22.9 Å². The summed E-state index contributed by atoms with van der Waals surface area (Å²) in [7, 11) is -2.22. The topological polar surface area (TPSA) is 104 Å². The highest BCUT2D eigenvalue weighted by atomic mass is 32.2. The number of carbonyl (C=O) groups is 2. The van der Waals surface area contributed by atoms with Crippen molar-refractivity contribution in [1.29, 1.82) is 0 Å². The van der Waals surface area contributed by atoms with Gasteiger partial charge in [0, 0.05) is 26.6 Å². The molecule has 0 saturated heterocycles. The molecular weight excluding hydrogens is 356 g/mol. The predicted octanol–water partition coefficient (Wildman–Crippen LogP) is 1.69. The summed E-state index contributed by atoms with van der Waals surface area (Å²) >= 11 is 0. The molecule has 1 unspecified atom stereocenters. The fraction of sp³-hybridized carbons (Fsp3) is 0.333. The Morgan fingerprint density at radius 2 is 1.81 bits per heavy atom. The van der Waals surface area contributed by atoms with Crippen LogP contribution >= 0.6 is 0 Å². The highest BCUT2D eigenvalue weighted by molar-refractivity contribution is 7.89. The van der Waals surface area contributed by atoms with Crippen LogP contribution in [0.5, 0.6) is 0 Å². The van der Waals surface area contributed by atoms with E-state index in [1.165, 1.54) is 24.9 Å². The lowest BCUT2D eigenvalue weighted by Crippen LogP contribution is -2.36. The number of nitrogens with one attached hydrogen (secondary N) is 1. The minimum atomic E-state index is -3.72. The molecule has 0 saturated carbocycles. The third kappa shape index (κ3) is 5.03. The van der Waals surface area contributed by atoms with Crippen LogP contribution < -0.4 is 4.72 Å². The number of aliphatic carboxylic acids is 1. The van der Waals surface area contributed by atoms with Gasteiger partial charge in [0.05, 0.1) is 10.8 Å². The minimum Gasteiger partial charge on any atom is -0.481 e. The van der Waals surface area contributed by atoms with Crippen LogP contribution in [0.2, 0.25) is 0 Å². The van der Waals surface area contributed by atoms with E-state index in [1.54, 1.807) is 12.1 Å². The predicted molar refractivity (Wildman–Crippen MR) is 98.2 cm³/mol. The zero-order chi connectivity index (χ0) is 19.3. The summed E-state index contributed by atoms with van der Waals surface area (Å²) in [5, 5.41) is 10.6. The fourth-order valence-electron chi connectivity index (χ4n) is 2.49. The van der Waals surface area contributed by atoms with Crippen molar-refractivity contribution in [2.45, 2.75) is 18.2 Å². The van der Waals surface area contributed by atoms with Crippen LogP contribution in [0.15, 0.2) is 47.4 Å². The van der Waals surface area contributed by atoms with Crippen LogP contribution in [0, 0.1) is 5.92 Å². The third-order valence-electron chi connectivity index (χ3n) is 4.06. The first-order valence-corrected chi connectivity index (χ1v) is 9.64. The van der Waals surface area contributed by atoms with E-state index in [-0.39, 0.29) is 30.3 Å². The molecule has 1 atom stereocenters. The molecule has 8 heteroatoms. The van der Waals surface area contributed by atoms with Crippen molar-refractivity contribution in [2.24, 2.45) is 5.92 Å². The molecule has 0 aliphatic rings. The van der Waals surface area contributed by atoms with Gasteiger partial charge in [0.2, 0.25) is 15.9 Å². The second-order valence-corrected chi connectivity index (χ2v) is 7.94. The summed E-state index contributed by atoms with van der Waals surface area (Å²) in [6.07, 6.45) is -0.0460. The molecule has 2 aromatic carbocycles. The summed E-state index contributed by atoms with van der Waals surface area (Å²) < 4.78 is 27.2. The zero-order valence-corrected chi connectivity index (χ0v) is 15.5. The van der Waals surface area contributed by atoms with Gasteiger partial charge in [-0.25, -0.2) is 13.1 Å². The van der Waals surface area contributed by atoms with Crippen LogP contribution in [0.1, 0.15) is 13.3 Å². The Kier molecular flexibility index (Phi) is 6.33. The van der Waals surface area contributed by atoms with Crippen molar-refractivity contribution in [2.75, 3.05) is 20.1 Å². The standard InChI is InChI=1S/C18H22N2O5S/c1-13(18(22)23)12-20(2)17(21)9-10-19-26(24,25)16-8-7-14-5-3-4-6-15(14)11-16/h3-8,11,13,19H,9-10,12H2,1-2H3,(H,22,23). The van der Waals surface area contributed by atoms with Crippen molar-refractivity contribution >= 4 is 32.7 Å². The number of carboxylic acids is 1. The molecule has 2 aromatic rings. The summed E-state index contributed by atoms with van der Waals surface area (Å²) in [5.74, 6) is -1.99. The first-order valence-electron chi connectivity index (χ1n) is 8.16. The van der Waals surface area contributed by atoms with Gasteiger partial charge in [-0.2, -0.15) is 0 Å². The molecule has 0 aromatic heterocycles. The molecule has 0 spiro atoms. The number of hydrogen-bond donors (Lipinski definition) is 2. The van der Waals surface area contributed by atoms with Crippen LogP contribution in [0.4, 0.5) is 0 Å². The van der Waals surface area contributed by atoms with Gasteiger partial charge in [-0.1, -0.05) is 37.3 Å². The van der Waals surface area contributed by atoms with Crippen molar-refractivity contribution in [3.05, 3.63) is 42.5 Å². The van der Waals surface area contributed by atoms with Crippen molar-refractivity contribution in [3.63, 3.8) is 0 Å². The monoisotopic (exact) mass is 378 g/mol. The highest BCUT2D eigenvalue weighted by Crippen LogP contribution is 2.18. The number of hydrogen-bond acceptors (Lipinski definition) is 4. The molecular formula is C18H22N2O5S. The molecule has 0 fully saturated rings. The molecule has 0 radical (unpaired) electrons. The Morgan fingerprint density at radius 1 is 1.15 bits per heavy atom. The van der Waals surface area contributed by atoms with Crippen LogP contribution in [-0.2, 0) is 19.6 Å². The molecule has 2 rings (SSSR count). The molecule has 2 N–H and O–H groups in total. The summed E-state index contributed by atoms with van der Waals surface area (Å²) in [6.45, 7) is 1.53. The molecule has 0 bridgehead atoms. The van der Waals surface area contributed by atoms with Gasteiger partial charge >= 0.3 is 5.97 Å². The van der Waals surface area contributed by atoms with Gasteiger partial charge in [0.1, 0.15) is 0 Å². The summed E-state index contributed by atoms with van der Waals surface area (Å²) in [4.78, 5) is 24.3. The van der Waals surface area contributed by atoms with E-state index in [1.807, 2.05) is 24.3 Å². The Labute approximate surface area is 152 Å². The van der Waals surface area contributed by atoms with Gasteiger partial charge in [-0.15, -0.1) is 0 Å². The SMILES string of the molecule is CC(CN(C)C(=O)CCNS(=O)(=O)c1ccc2ccccc2c1)C(=O)O. The molecule has 7 nitrogen and oxygen atoms in total. The highest BCUT2D eigenvalue weighted by Gasteiger charge is 2.19. The Balaban J connectivity index is 1.94. The summed E-state index contributed by atoms with van der Waals surface area (Å²) in [6, 6.07) is 12.3. The molecule has 0 heterocycles. The molecule has 0 aliphatic carbocycles. The average Bonchev–Trinajstić information content (AvgIpc) is 2.60. The molecule has 0 aliphatic heterocycles. The lowest BCUT2D eigenvalue weighted by molar-refractivity contribution is -0.142. The van der Waals surface area contributed by atoms with Gasteiger partial charge in [-0.3, -0.25) is 9.59 Å². The Bertz CT molecular complexity index is 911. The lowest BCUT2D eigenvalue weighted by Gasteiger charge is -2.19. The van der Waals surface area contributed by atoms with Gasteiger partial charge < -0.3 is 10.0 Å². The number of carboxylic acid groups (broad SMARTS) is 1. The number of benzene rings is 2. The van der Waals surface area contributed by atoms with Gasteiger partial charge in [0.25, 0.3) is 0 Å². The smallest absolute Gasteiger partial charge is 0.308 e. The van der Waals surface area contributed by atoms with E-state index in [9.17, 15) is 18.0 Å². The first-order chi connectivity index (χ1) is 12.2. The number of sulfonamides is 1. The average molecular weight is 378 g/mol. The van der Waals surface area contributed by atoms with E-state index in [4.69, 9.17) is 5.11 Å². The fourth-order valence-corrected chi connectivity index (χ4v) is 3.56. The summed E-state index contributed by atoms with van der Waals surface area (Å²) in [5.41, 5.74) is 0. The maximum absolute atomic E-state index is 12.4. The zero-order valence-electron chi connectivity index (χ0n) is 14.7. The first kappa shape index (κ1) is 19.9. The van der Waals surface area contributed by atoms with Crippen molar-refractivity contribution in [3.8, 4) is 0 Å². The molecule has 1 amide bonds. The maximum Gasteiger partial charge on any atom is 0.308 e. The number of carbonyl (C=O) groups excluding carboxylic acids is 1. The molecule has 140 valence electrons. The Morgan fingerprint density at radius 3 is 2.46 bits per heavy atom. The van der Waals surface area contributed by atoms with Crippen molar-refractivity contribution < 1.29 is 23.1 Å². The maximum atomic E-state index is 12.4. The second kappa shape index (κ2) is 8.29. The lowest BCUT2D eigenvalue weighted by atomic mass is 10.1. The van der Waals surface area contributed by atoms with E-state index < -0.39 is 21.9 Å². The third-order valence-corrected chi connectivity index (χ3v) is 5.52. The van der Waals surface area contributed by atoms with Crippen LogP contribution in [0.25, 0.3) is 10.8 Å². The van der Waals surface area contributed by atoms with E-state index >= 15 is 0 Å².